The minimum Gasteiger partial charge on any atom is -0.480 e. The SMILES string of the molecule is C[C@@H](NC(=O)CN1C(=O)C(=Cc2cnc(-c3cc(C(F)(F)F)cc(C(F)(F)F)c3)s2)SC1=S)C(=O)NCC(=O)O. The Morgan fingerprint density at radius 2 is 1.73 bits per heavy atom. The van der Waals surface area contributed by atoms with Crippen LogP contribution in [0.1, 0.15) is 22.9 Å². The van der Waals surface area contributed by atoms with Crippen molar-refractivity contribution in [2.24, 2.45) is 0 Å². The lowest BCUT2D eigenvalue weighted by Gasteiger charge is -2.17. The fraction of sp³-hybridized carbons (Fsp3) is 0.273. The summed E-state index contributed by atoms with van der Waals surface area (Å²) in [6, 6.07) is -0.0365. The van der Waals surface area contributed by atoms with Gasteiger partial charge in [-0.05, 0) is 31.2 Å². The van der Waals surface area contributed by atoms with E-state index in [1.807, 2.05) is 0 Å². The largest absolute Gasteiger partial charge is 0.480 e. The molecule has 2 aromatic rings. The van der Waals surface area contributed by atoms with E-state index in [1.54, 1.807) is 0 Å². The van der Waals surface area contributed by atoms with Gasteiger partial charge in [0.1, 0.15) is 28.5 Å². The molecule has 214 valence electrons. The maximum Gasteiger partial charge on any atom is 0.416 e. The van der Waals surface area contributed by atoms with Crippen molar-refractivity contribution in [3.63, 3.8) is 0 Å². The summed E-state index contributed by atoms with van der Waals surface area (Å²) in [5, 5.41) is 12.8. The molecule has 0 unspecified atom stereocenters. The number of thiocarbonyl (C=S) groups is 1. The van der Waals surface area contributed by atoms with E-state index in [0.717, 1.165) is 34.2 Å². The molecule has 3 rings (SSSR count). The van der Waals surface area contributed by atoms with Gasteiger partial charge in [-0.2, -0.15) is 26.3 Å². The number of nitrogens with one attached hydrogen (secondary N) is 2. The number of hydrogen-bond donors (Lipinski definition) is 3. The Hall–Kier alpha value is -3.51. The van der Waals surface area contributed by atoms with Gasteiger partial charge in [-0.3, -0.25) is 24.1 Å². The van der Waals surface area contributed by atoms with Crippen molar-refractivity contribution in [2.75, 3.05) is 13.1 Å². The number of carboxylic acids is 1. The van der Waals surface area contributed by atoms with E-state index >= 15 is 0 Å². The number of halogens is 6. The highest BCUT2D eigenvalue weighted by Gasteiger charge is 2.37. The first kappa shape index (κ1) is 31.0. The molecule has 1 aliphatic rings. The van der Waals surface area contributed by atoms with Crippen molar-refractivity contribution in [3.8, 4) is 10.6 Å². The lowest BCUT2D eigenvalue weighted by atomic mass is 10.1. The summed E-state index contributed by atoms with van der Waals surface area (Å²) >= 11 is 6.65. The highest BCUT2D eigenvalue weighted by Crippen LogP contribution is 2.40. The maximum atomic E-state index is 13.2. The van der Waals surface area contributed by atoms with Gasteiger partial charge in [-0.1, -0.05) is 24.0 Å². The van der Waals surface area contributed by atoms with Crippen LogP contribution in [0, 0.1) is 0 Å². The van der Waals surface area contributed by atoms with Crippen molar-refractivity contribution in [3.05, 3.63) is 45.3 Å². The number of amides is 3. The summed E-state index contributed by atoms with van der Waals surface area (Å²) in [6.07, 6.45) is -7.63. The van der Waals surface area contributed by atoms with Crippen LogP contribution in [0.25, 0.3) is 16.6 Å². The van der Waals surface area contributed by atoms with Crippen molar-refractivity contribution in [1.82, 2.24) is 20.5 Å². The van der Waals surface area contributed by atoms with Gasteiger partial charge < -0.3 is 15.7 Å². The standard InChI is InChI=1S/C22H16F6N4O5S3/c1-9(17(36)29-7-16(34)35)31-15(33)8-32-19(37)14(40-20(32)38)5-13-6-30-18(39-13)10-2-11(21(23,24)25)4-12(3-10)22(26,27)28/h2-6,9H,7-8H2,1H3,(H,29,36)(H,31,33)(H,34,35)/t9-/m1/s1. The highest BCUT2D eigenvalue weighted by molar-refractivity contribution is 8.26. The van der Waals surface area contributed by atoms with Gasteiger partial charge in [0, 0.05) is 16.6 Å². The average Bonchev–Trinajstić information content (AvgIpc) is 3.41. The number of benzene rings is 1. The van der Waals surface area contributed by atoms with Crippen molar-refractivity contribution in [1.29, 1.82) is 0 Å². The van der Waals surface area contributed by atoms with E-state index in [1.165, 1.54) is 13.0 Å². The molecule has 1 aliphatic heterocycles. The molecule has 0 spiro atoms. The Labute approximate surface area is 234 Å². The summed E-state index contributed by atoms with van der Waals surface area (Å²) in [6.45, 7) is 0.0643. The lowest BCUT2D eigenvalue weighted by molar-refractivity contribution is -0.143. The van der Waals surface area contributed by atoms with Crippen LogP contribution >= 0.6 is 35.3 Å². The van der Waals surface area contributed by atoms with Gasteiger partial charge in [0.15, 0.2) is 0 Å². The second kappa shape index (κ2) is 11.9. The van der Waals surface area contributed by atoms with E-state index < -0.39 is 71.9 Å². The Bertz CT molecular complexity index is 1370. The molecule has 1 saturated heterocycles. The molecule has 1 aromatic heterocycles. The summed E-state index contributed by atoms with van der Waals surface area (Å²) in [5.41, 5.74) is -3.42. The summed E-state index contributed by atoms with van der Waals surface area (Å²) < 4.78 is 79.1. The second-order valence-electron chi connectivity index (χ2n) is 8.03. The quantitative estimate of drug-likeness (QED) is 0.230. The molecule has 1 aromatic carbocycles. The van der Waals surface area contributed by atoms with Gasteiger partial charge in [0.25, 0.3) is 5.91 Å². The number of aliphatic carboxylic acids is 1. The smallest absolute Gasteiger partial charge is 0.416 e. The van der Waals surface area contributed by atoms with Crippen LogP contribution in [0.3, 0.4) is 0 Å². The van der Waals surface area contributed by atoms with Crippen LogP contribution in [-0.4, -0.2) is 62.1 Å². The molecule has 1 fully saturated rings. The van der Waals surface area contributed by atoms with Crippen LogP contribution in [0.4, 0.5) is 26.3 Å². The number of alkyl halides is 6. The topological polar surface area (TPSA) is 129 Å². The zero-order chi connectivity index (χ0) is 30.0. The maximum absolute atomic E-state index is 13.2. The predicted octanol–water partition coefficient (Wildman–Crippen LogP) is 3.75. The first-order valence-corrected chi connectivity index (χ1v) is 12.8. The minimum atomic E-state index is -5.03. The third-order valence-corrected chi connectivity index (χ3v) is 7.36. The Morgan fingerprint density at radius 3 is 2.27 bits per heavy atom. The van der Waals surface area contributed by atoms with Crippen molar-refractivity contribution in [2.45, 2.75) is 25.3 Å². The fourth-order valence-corrected chi connectivity index (χ4v) is 5.31. The molecule has 3 amide bonds. The number of carbonyl (C=O) groups is 4. The van der Waals surface area contributed by atoms with Crippen LogP contribution in [0.15, 0.2) is 29.3 Å². The Balaban J connectivity index is 1.75. The Morgan fingerprint density at radius 1 is 1.12 bits per heavy atom. The van der Waals surface area contributed by atoms with Crippen LogP contribution < -0.4 is 10.6 Å². The van der Waals surface area contributed by atoms with E-state index in [2.05, 4.69) is 15.6 Å². The van der Waals surface area contributed by atoms with Gasteiger partial charge in [-0.25, -0.2) is 4.98 Å². The van der Waals surface area contributed by atoms with Crippen LogP contribution in [-0.2, 0) is 31.5 Å². The molecule has 0 radical (unpaired) electrons. The Kier molecular flexibility index (Phi) is 9.25. The second-order valence-corrected chi connectivity index (χ2v) is 10.8. The van der Waals surface area contributed by atoms with Crippen molar-refractivity contribution < 1.29 is 50.6 Å². The third kappa shape index (κ3) is 7.79. The summed E-state index contributed by atoms with van der Waals surface area (Å²) in [4.78, 5) is 52.5. The number of carbonyl (C=O) groups excluding carboxylic acids is 3. The molecule has 9 nitrogen and oxygen atoms in total. The molecule has 0 aliphatic carbocycles. The monoisotopic (exact) mass is 626 g/mol. The number of carboxylic acid groups (broad SMARTS) is 1. The molecular formula is C22H16F6N4O5S3. The minimum absolute atomic E-state index is 0.00271. The number of hydrogen-bond acceptors (Lipinski definition) is 8. The number of rotatable bonds is 8. The lowest BCUT2D eigenvalue weighted by Crippen LogP contribution is -2.49. The first-order valence-electron chi connectivity index (χ1n) is 10.8. The summed E-state index contributed by atoms with van der Waals surface area (Å²) in [5.74, 6) is -3.54. The van der Waals surface area contributed by atoms with Gasteiger partial charge in [0.2, 0.25) is 11.8 Å². The average molecular weight is 627 g/mol. The molecular weight excluding hydrogens is 610 g/mol. The molecule has 1 atom stereocenters. The molecule has 0 bridgehead atoms. The normalized spacial score (nSPS) is 15.9. The molecule has 18 heteroatoms. The molecule has 0 saturated carbocycles. The van der Waals surface area contributed by atoms with Gasteiger partial charge in [-0.15, -0.1) is 11.3 Å². The zero-order valence-electron chi connectivity index (χ0n) is 19.8. The third-order valence-electron chi connectivity index (χ3n) is 4.99. The molecule has 3 N–H and O–H groups in total. The van der Waals surface area contributed by atoms with Crippen LogP contribution in [0.2, 0.25) is 0 Å². The van der Waals surface area contributed by atoms with Gasteiger partial charge >= 0.3 is 18.3 Å². The number of aromatic nitrogens is 1. The fourth-order valence-electron chi connectivity index (χ4n) is 3.14. The van der Waals surface area contributed by atoms with Crippen molar-refractivity contribution >= 4 is 69.4 Å². The van der Waals surface area contributed by atoms with E-state index in [-0.39, 0.29) is 25.2 Å². The van der Waals surface area contributed by atoms with Gasteiger partial charge in [0.05, 0.1) is 16.0 Å². The number of nitrogens with zero attached hydrogens (tertiary/aromatic N) is 2. The van der Waals surface area contributed by atoms with E-state index in [9.17, 15) is 45.5 Å². The van der Waals surface area contributed by atoms with Crippen LogP contribution in [0.5, 0.6) is 0 Å². The molecule has 40 heavy (non-hydrogen) atoms. The number of thioether (sulfide) groups is 1. The highest BCUT2D eigenvalue weighted by atomic mass is 32.2. The summed E-state index contributed by atoms with van der Waals surface area (Å²) in [7, 11) is 0. The molecule has 2 heterocycles. The van der Waals surface area contributed by atoms with E-state index in [0.29, 0.717) is 12.1 Å². The van der Waals surface area contributed by atoms with E-state index in [4.69, 9.17) is 17.3 Å². The predicted molar refractivity (Wildman–Crippen MR) is 136 cm³/mol. The zero-order valence-corrected chi connectivity index (χ0v) is 22.3. The first-order chi connectivity index (χ1) is 18.5. The number of thiazole rings is 1.